The van der Waals surface area contributed by atoms with Crippen LogP contribution < -0.4 is 10.3 Å². The van der Waals surface area contributed by atoms with E-state index >= 15 is 0 Å². The van der Waals surface area contributed by atoms with E-state index in [0.29, 0.717) is 14.9 Å². The van der Waals surface area contributed by atoms with E-state index in [-0.39, 0.29) is 4.90 Å². The molecule has 1 aromatic heterocycles. The lowest BCUT2D eigenvalue weighted by molar-refractivity contribution is 0.0945. The number of rotatable bonds is 5. The molecule has 0 aliphatic heterocycles. The molecule has 27 heavy (non-hydrogen) atoms. The fourth-order valence-electron chi connectivity index (χ4n) is 2.40. The van der Waals surface area contributed by atoms with Gasteiger partial charge in [0.1, 0.15) is 0 Å². The van der Waals surface area contributed by atoms with Crippen LogP contribution in [0.4, 0.5) is 0 Å². The van der Waals surface area contributed by atoms with Crippen LogP contribution in [0.2, 0.25) is 0 Å². The van der Waals surface area contributed by atoms with Crippen LogP contribution in [0.1, 0.15) is 15.9 Å². The molecule has 0 spiro atoms. The average molecular weight is 530 g/mol. The van der Waals surface area contributed by atoms with Crippen molar-refractivity contribution in [1.82, 2.24) is 10.3 Å². The third-order valence-corrected chi connectivity index (χ3v) is 7.54. The van der Waals surface area contributed by atoms with Crippen molar-refractivity contribution in [2.24, 2.45) is 0 Å². The summed E-state index contributed by atoms with van der Waals surface area (Å²) < 4.78 is 26.1. The number of nitrogens with one attached hydrogen (secondary N) is 2. The minimum absolute atomic E-state index is 0.0715. The first-order chi connectivity index (χ1) is 12.8. The summed E-state index contributed by atoms with van der Waals surface area (Å²) in [5, 5.41) is 0. The van der Waals surface area contributed by atoms with Crippen molar-refractivity contribution < 1.29 is 13.2 Å². The minimum atomic E-state index is -3.87. The Hall–Kier alpha value is -1.52. The van der Waals surface area contributed by atoms with Gasteiger partial charge in [-0.05, 0) is 56.5 Å². The van der Waals surface area contributed by atoms with Crippen molar-refractivity contribution in [1.29, 1.82) is 0 Å². The van der Waals surface area contributed by atoms with Crippen molar-refractivity contribution in [3.05, 3.63) is 73.3 Å². The maximum Gasteiger partial charge on any atom is 0.268 e. The summed E-state index contributed by atoms with van der Waals surface area (Å²) in [7, 11) is -3.87. The van der Waals surface area contributed by atoms with Gasteiger partial charge in [-0.1, -0.05) is 48.0 Å². The molecule has 3 rings (SSSR count). The first-order valence-electron chi connectivity index (χ1n) is 7.71. The van der Waals surface area contributed by atoms with Gasteiger partial charge in [-0.25, -0.2) is 8.42 Å². The zero-order valence-electron chi connectivity index (χ0n) is 14.0. The number of hydrogen-bond donors (Lipinski definition) is 2. The van der Waals surface area contributed by atoms with E-state index in [1.807, 2.05) is 37.3 Å². The third kappa shape index (κ3) is 4.49. The van der Waals surface area contributed by atoms with E-state index in [0.717, 1.165) is 14.9 Å². The maximum absolute atomic E-state index is 12.7. The summed E-state index contributed by atoms with van der Waals surface area (Å²) in [6.07, 6.45) is 0. The molecule has 140 valence electrons. The van der Waals surface area contributed by atoms with E-state index in [9.17, 15) is 13.2 Å². The minimum Gasteiger partial charge on any atom is -0.273 e. The normalized spacial score (nSPS) is 11.4. The molecule has 3 aromatic rings. The molecule has 0 aliphatic rings. The molecule has 0 bridgehead atoms. The van der Waals surface area contributed by atoms with Gasteiger partial charge in [0.25, 0.3) is 15.9 Å². The zero-order chi connectivity index (χ0) is 19.6. The van der Waals surface area contributed by atoms with Gasteiger partial charge in [0, 0.05) is 5.56 Å². The third-order valence-electron chi connectivity index (χ3n) is 3.74. The molecule has 5 nitrogen and oxygen atoms in total. The SMILES string of the molecule is Cc1ccc(S(=O)(=O)NNC(=O)c2c(Br)sc(Br)c2-c2ccccc2)cc1. The quantitative estimate of drug-likeness (QED) is 0.463. The van der Waals surface area contributed by atoms with Crippen LogP contribution >= 0.6 is 43.2 Å². The fraction of sp³-hybridized carbons (Fsp3) is 0.0556. The number of hydrogen-bond acceptors (Lipinski definition) is 4. The molecule has 0 saturated carbocycles. The number of amides is 1. The van der Waals surface area contributed by atoms with Crippen LogP contribution in [-0.4, -0.2) is 14.3 Å². The number of carbonyl (C=O) groups excluding carboxylic acids is 1. The van der Waals surface area contributed by atoms with Gasteiger partial charge in [0.15, 0.2) is 0 Å². The Morgan fingerprint density at radius 3 is 2.22 bits per heavy atom. The monoisotopic (exact) mass is 528 g/mol. The van der Waals surface area contributed by atoms with Crippen LogP contribution in [0.5, 0.6) is 0 Å². The summed E-state index contributed by atoms with van der Waals surface area (Å²) in [6, 6.07) is 15.7. The number of hydrazine groups is 1. The van der Waals surface area contributed by atoms with Crippen LogP contribution in [0, 0.1) is 6.92 Å². The number of aryl methyl sites for hydroxylation is 1. The van der Waals surface area contributed by atoms with Crippen molar-refractivity contribution in [3.63, 3.8) is 0 Å². The molecular weight excluding hydrogens is 516 g/mol. The highest BCUT2D eigenvalue weighted by Gasteiger charge is 2.24. The Morgan fingerprint density at radius 1 is 0.963 bits per heavy atom. The van der Waals surface area contributed by atoms with Gasteiger partial charge in [-0.2, -0.15) is 0 Å². The highest BCUT2D eigenvalue weighted by Crippen LogP contribution is 2.43. The van der Waals surface area contributed by atoms with Gasteiger partial charge in [0.05, 0.1) is 18.0 Å². The molecule has 1 amide bonds. The highest BCUT2D eigenvalue weighted by atomic mass is 79.9. The van der Waals surface area contributed by atoms with Crippen LogP contribution in [-0.2, 0) is 10.0 Å². The van der Waals surface area contributed by atoms with E-state index in [2.05, 4.69) is 42.1 Å². The van der Waals surface area contributed by atoms with Crippen molar-refractivity contribution >= 4 is 59.1 Å². The van der Waals surface area contributed by atoms with Gasteiger partial charge in [-0.15, -0.1) is 16.2 Å². The van der Waals surface area contributed by atoms with Gasteiger partial charge in [0.2, 0.25) is 0 Å². The Bertz CT molecular complexity index is 1080. The van der Waals surface area contributed by atoms with Gasteiger partial charge >= 0.3 is 0 Å². The summed E-state index contributed by atoms with van der Waals surface area (Å²) in [4.78, 5) is 14.9. The molecule has 0 fully saturated rings. The number of thiophene rings is 1. The van der Waals surface area contributed by atoms with Crippen LogP contribution in [0.25, 0.3) is 11.1 Å². The number of carbonyl (C=O) groups is 1. The molecular formula is C18H14Br2N2O3S2. The molecule has 0 saturated heterocycles. The number of benzene rings is 2. The molecule has 0 atom stereocenters. The van der Waals surface area contributed by atoms with Crippen LogP contribution in [0.3, 0.4) is 0 Å². The smallest absolute Gasteiger partial charge is 0.268 e. The zero-order valence-corrected chi connectivity index (χ0v) is 18.8. The molecule has 0 aliphatic carbocycles. The van der Waals surface area contributed by atoms with E-state index < -0.39 is 15.9 Å². The summed E-state index contributed by atoms with van der Waals surface area (Å²) in [5.41, 5.74) is 5.13. The average Bonchev–Trinajstić information content (AvgIpc) is 2.95. The first kappa shape index (κ1) is 20.2. The number of halogens is 2. The second kappa shape index (κ2) is 8.24. The largest absolute Gasteiger partial charge is 0.273 e. The summed E-state index contributed by atoms with van der Waals surface area (Å²) in [6.45, 7) is 1.86. The molecule has 2 N–H and O–H groups in total. The van der Waals surface area contributed by atoms with Crippen molar-refractivity contribution in [2.75, 3.05) is 0 Å². The molecule has 1 heterocycles. The lowest BCUT2D eigenvalue weighted by Gasteiger charge is -2.10. The van der Waals surface area contributed by atoms with Crippen molar-refractivity contribution in [3.8, 4) is 11.1 Å². The predicted molar refractivity (Wildman–Crippen MR) is 114 cm³/mol. The van der Waals surface area contributed by atoms with Crippen molar-refractivity contribution in [2.45, 2.75) is 11.8 Å². The van der Waals surface area contributed by atoms with Crippen LogP contribution in [0.15, 0.2) is 67.1 Å². The first-order valence-corrected chi connectivity index (χ1v) is 11.6. The summed E-state index contributed by atoms with van der Waals surface area (Å²) >= 11 is 8.21. The second-order valence-electron chi connectivity index (χ2n) is 5.64. The van der Waals surface area contributed by atoms with E-state index in [4.69, 9.17) is 0 Å². The van der Waals surface area contributed by atoms with E-state index in [1.54, 1.807) is 12.1 Å². The van der Waals surface area contributed by atoms with E-state index in [1.165, 1.54) is 23.5 Å². The molecule has 2 aromatic carbocycles. The Balaban J connectivity index is 1.86. The van der Waals surface area contributed by atoms with Gasteiger partial charge in [-0.3, -0.25) is 10.2 Å². The lowest BCUT2D eigenvalue weighted by atomic mass is 10.0. The second-order valence-corrected chi connectivity index (χ2v) is 11.0. The Kier molecular flexibility index (Phi) is 6.17. The molecule has 0 unspecified atom stereocenters. The lowest BCUT2D eigenvalue weighted by Crippen LogP contribution is -2.41. The highest BCUT2D eigenvalue weighted by molar-refractivity contribution is 9.12. The Labute approximate surface area is 178 Å². The van der Waals surface area contributed by atoms with Gasteiger partial charge < -0.3 is 0 Å². The predicted octanol–water partition coefficient (Wildman–Crippen LogP) is 4.87. The molecule has 0 radical (unpaired) electrons. The summed E-state index contributed by atoms with van der Waals surface area (Å²) in [5.74, 6) is -0.557. The fourth-order valence-corrected chi connectivity index (χ4v) is 6.44. The standard InChI is InChI=1S/C18H14Br2N2O3S2/c1-11-7-9-13(10-8-11)27(24,25)22-21-18(23)15-14(16(19)26-17(15)20)12-5-3-2-4-6-12/h2-10,22H,1H3,(H,21,23). The Morgan fingerprint density at radius 2 is 1.59 bits per heavy atom. The topological polar surface area (TPSA) is 75.3 Å². The maximum atomic E-state index is 12.7. The molecule has 9 heteroatoms. The number of sulfonamides is 1.